The van der Waals surface area contributed by atoms with E-state index in [-0.39, 0.29) is 0 Å². The first-order valence-corrected chi connectivity index (χ1v) is 19.2. The van der Waals surface area contributed by atoms with Crippen LogP contribution in [0, 0.1) is 0 Å². The monoisotopic (exact) mass is 728 g/mol. The number of benzene rings is 8. The van der Waals surface area contributed by atoms with Crippen molar-refractivity contribution >= 4 is 65.6 Å². The van der Waals surface area contributed by atoms with E-state index >= 15 is 0 Å². The fourth-order valence-electron chi connectivity index (χ4n) is 8.81. The number of fused-ring (bicyclic) bond motifs is 9. The molecule has 12 rings (SSSR count). The van der Waals surface area contributed by atoms with E-state index in [1.807, 2.05) is 24.4 Å². The molecular weight excluding hydrogens is 697 g/mol. The van der Waals surface area contributed by atoms with E-state index in [4.69, 9.17) is 14.4 Å². The average molecular weight is 729 g/mol. The normalized spacial score (nSPS) is 11.9. The van der Waals surface area contributed by atoms with Gasteiger partial charge in [-0.25, -0.2) is 9.97 Å². The Labute approximate surface area is 327 Å². The van der Waals surface area contributed by atoms with E-state index in [2.05, 4.69) is 179 Å². The lowest BCUT2D eigenvalue weighted by Gasteiger charge is -2.10. The zero-order valence-electron chi connectivity index (χ0n) is 30.7. The van der Waals surface area contributed by atoms with Crippen LogP contribution in [-0.4, -0.2) is 19.1 Å². The van der Waals surface area contributed by atoms with Gasteiger partial charge in [0.25, 0.3) is 0 Å². The van der Waals surface area contributed by atoms with Crippen LogP contribution >= 0.6 is 0 Å². The Bertz CT molecular complexity index is 3530. The van der Waals surface area contributed by atoms with Crippen molar-refractivity contribution in [3.05, 3.63) is 194 Å². The maximum Gasteiger partial charge on any atom is 0.235 e. The van der Waals surface area contributed by atoms with Crippen molar-refractivity contribution in [3.63, 3.8) is 0 Å². The molecule has 8 aromatic carbocycles. The summed E-state index contributed by atoms with van der Waals surface area (Å²) in [6.45, 7) is 0. The Kier molecular flexibility index (Phi) is 6.86. The largest absolute Gasteiger partial charge is 0.455 e. The number of nitrogens with zero attached hydrogens (tertiary/aromatic N) is 4. The number of para-hydroxylation sites is 5. The third-order valence-corrected chi connectivity index (χ3v) is 11.4. The second-order valence-electron chi connectivity index (χ2n) is 14.6. The van der Waals surface area contributed by atoms with Crippen LogP contribution in [-0.2, 0) is 0 Å². The lowest BCUT2D eigenvalue weighted by molar-refractivity contribution is 0.670. The van der Waals surface area contributed by atoms with Crippen LogP contribution < -0.4 is 0 Å². The Morgan fingerprint density at radius 1 is 0.386 bits per heavy atom. The number of furan rings is 1. The Morgan fingerprint density at radius 2 is 1.04 bits per heavy atom. The van der Waals surface area contributed by atoms with Gasteiger partial charge < -0.3 is 8.98 Å². The van der Waals surface area contributed by atoms with E-state index in [1.54, 1.807) is 0 Å². The van der Waals surface area contributed by atoms with Gasteiger partial charge in [-0.05, 0) is 77.4 Å². The Balaban J connectivity index is 0.973. The number of rotatable bonds is 5. The summed E-state index contributed by atoms with van der Waals surface area (Å²) in [5.74, 6) is 0.630. The third-order valence-electron chi connectivity index (χ3n) is 11.4. The number of aromatic nitrogens is 4. The average Bonchev–Trinajstić information content (AvgIpc) is 3.94. The Morgan fingerprint density at radius 3 is 1.91 bits per heavy atom. The molecule has 266 valence electrons. The van der Waals surface area contributed by atoms with Gasteiger partial charge in [0.2, 0.25) is 5.95 Å². The minimum absolute atomic E-state index is 0.630. The van der Waals surface area contributed by atoms with Gasteiger partial charge in [-0.1, -0.05) is 127 Å². The molecule has 0 saturated heterocycles. The molecule has 0 atom stereocenters. The molecule has 0 amide bonds. The van der Waals surface area contributed by atoms with Crippen LogP contribution in [0.15, 0.2) is 199 Å². The standard InChI is InChI=1S/C52H32N4O/c1-2-14-37(15-3-1)55-46-21-7-4-16-39(46)41-26-24-34(32-49(41)55)33-25-27-48-44(31-33)40-17-5-8-22-47(40)56(48)52-53-29-28-45(54-52)36-13-10-12-35(30-36)38-19-11-20-43-42-18-6-9-23-50(42)57-51(38)43/h1-32H. The molecule has 0 N–H and O–H groups in total. The fourth-order valence-corrected chi connectivity index (χ4v) is 8.81. The minimum Gasteiger partial charge on any atom is -0.455 e. The van der Waals surface area contributed by atoms with E-state index in [9.17, 15) is 0 Å². The van der Waals surface area contributed by atoms with Gasteiger partial charge in [0, 0.05) is 55.3 Å². The lowest BCUT2D eigenvalue weighted by Crippen LogP contribution is -2.01. The molecule has 0 radical (unpaired) electrons. The molecular formula is C52H32N4O. The summed E-state index contributed by atoms with van der Waals surface area (Å²) in [7, 11) is 0. The second kappa shape index (κ2) is 12.4. The van der Waals surface area contributed by atoms with Crippen LogP contribution in [0.25, 0.3) is 111 Å². The van der Waals surface area contributed by atoms with Gasteiger partial charge in [-0.2, -0.15) is 0 Å². The van der Waals surface area contributed by atoms with E-state index in [0.29, 0.717) is 5.95 Å². The van der Waals surface area contributed by atoms with Crippen molar-refractivity contribution in [2.24, 2.45) is 0 Å². The van der Waals surface area contributed by atoms with Gasteiger partial charge in [0.1, 0.15) is 11.2 Å². The van der Waals surface area contributed by atoms with E-state index in [0.717, 1.165) is 82.9 Å². The number of hydrogen-bond acceptors (Lipinski definition) is 3. The van der Waals surface area contributed by atoms with Crippen LogP contribution in [0.2, 0.25) is 0 Å². The highest BCUT2D eigenvalue weighted by molar-refractivity contribution is 6.13. The molecule has 0 spiro atoms. The van der Waals surface area contributed by atoms with Crippen molar-refractivity contribution in [1.82, 2.24) is 19.1 Å². The van der Waals surface area contributed by atoms with Crippen molar-refractivity contribution in [2.45, 2.75) is 0 Å². The van der Waals surface area contributed by atoms with Gasteiger partial charge in [-0.3, -0.25) is 4.57 Å². The quantitative estimate of drug-likeness (QED) is 0.177. The summed E-state index contributed by atoms with van der Waals surface area (Å²) in [5.41, 5.74) is 13.7. The van der Waals surface area contributed by atoms with Crippen molar-refractivity contribution < 1.29 is 4.42 Å². The van der Waals surface area contributed by atoms with Crippen LogP contribution in [0.4, 0.5) is 0 Å². The first-order valence-electron chi connectivity index (χ1n) is 19.2. The Hall–Kier alpha value is -7.76. The summed E-state index contributed by atoms with van der Waals surface area (Å²) in [5, 5.41) is 7.04. The summed E-state index contributed by atoms with van der Waals surface area (Å²) < 4.78 is 11.0. The summed E-state index contributed by atoms with van der Waals surface area (Å²) >= 11 is 0. The van der Waals surface area contributed by atoms with E-state index in [1.165, 1.54) is 21.8 Å². The first-order chi connectivity index (χ1) is 28.3. The molecule has 0 unspecified atom stereocenters. The van der Waals surface area contributed by atoms with Gasteiger partial charge in [-0.15, -0.1) is 0 Å². The van der Waals surface area contributed by atoms with Crippen LogP contribution in [0.5, 0.6) is 0 Å². The molecule has 5 nitrogen and oxygen atoms in total. The molecule has 57 heavy (non-hydrogen) atoms. The SMILES string of the molecule is c1ccc(-n2c3ccccc3c3ccc(-c4ccc5c(c4)c4ccccc4n5-c4nccc(-c5cccc(-c6cccc7c6oc6ccccc67)c5)n4)cc32)cc1. The molecule has 4 aromatic heterocycles. The molecule has 4 heterocycles. The third kappa shape index (κ3) is 4.89. The lowest BCUT2D eigenvalue weighted by atomic mass is 9.99. The second-order valence-corrected chi connectivity index (χ2v) is 14.6. The molecule has 0 bridgehead atoms. The van der Waals surface area contributed by atoms with Crippen molar-refractivity contribution in [2.75, 3.05) is 0 Å². The van der Waals surface area contributed by atoms with Crippen LogP contribution in [0.3, 0.4) is 0 Å². The van der Waals surface area contributed by atoms with Crippen molar-refractivity contribution in [3.8, 4) is 45.1 Å². The minimum atomic E-state index is 0.630. The predicted molar refractivity (Wildman–Crippen MR) is 234 cm³/mol. The molecule has 5 heteroatoms. The molecule has 0 aliphatic heterocycles. The molecule has 12 aromatic rings. The number of hydrogen-bond donors (Lipinski definition) is 0. The van der Waals surface area contributed by atoms with Gasteiger partial charge in [0.05, 0.1) is 27.8 Å². The van der Waals surface area contributed by atoms with Crippen LogP contribution in [0.1, 0.15) is 0 Å². The smallest absolute Gasteiger partial charge is 0.235 e. The zero-order valence-corrected chi connectivity index (χ0v) is 30.7. The van der Waals surface area contributed by atoms with Gasteiger partial charge >= 0.3 is 0 Å². The highest BCUT2D eigenvalue weighted by atomic mass is 16.3. The zero-order chi connectivity index (χ0) is 37.5. The molecule has 0 aliphatic carbocycles. The highest BCUT2D eigenvalue weighted by Gasteiger charge is 2.18. The van der Waals surface area contributed by atoms with E-state index < -0.39 is 0 Å². The highest BCUT2D eigenvalue weighted by Crippen LogP contribution is 2.39. The molecule has 0 fully saturated rings. The predicted octanol–water partition coefficient (Wildman–Crippen LogP) is 13.6. The molecule has 0 saturated carbocycles. The maximum atomic E-state index is 6.39. The topological polar surface area (TPSA) is 48.8 Å². The molecule has 0 aliphatic rings. The summed E-state index contributed by atoms with van der Waals surface area (Å²) in [6, 6.07) is 66.5. The fraction of sp³-hybridized carbons (Fsp3) is 0. The summed E-state index contributed by atoms with van der Waals surface area (Å²) in [4.78, 5) is 10.1. The van der Waals surface area contributed by atoms with Crippen molar-refractivity contribution in [1.29, 1.82) is 0 Å². The maximum absolute atomic E-state index is 6.39. The summed E-state index contributed by atoms with van der Waals surface area (Å²) in [6.07, 6.45) is 1.86. The first kappa shape index (κ1) is 31.6. The van der Waals surface area contributed by atoms with Gasteiger partial charge in [0.15, 0.2) is 0 Å².